The molecular weight excluding hydrogens is 681 g/mol. The van der Waals surface area contributed by atoms with Gasteiger partial charge in [-0.2, -0.15) is 10.1 Å². The van der Waals surface area contributed by atoms with Crippen LogP contribution in [-0.2, 0) is 0 Å². The van der Waals surface area contributed by atoms with Crippen molar-refractivity contribution in [2.75, 3.05) is 16.0 Å². The molecule has 13 nitrogen and oxygen atoms in total. The number of benzene rings is 3. The summed E-state index contributed by atoms with van der Waals surface area (Å²) < 4.78 is 0. The van der Waals surface area contributed by atoms with Gasteiger partial charge in [0.15, 0.2) is 0 Å². The van der Waals surface area contributed by atoms with Crippen LogP contribution >= 0.6 is 0 Å². The number of aromatic nitrogens is 2. The Bertz CT molecular complexity index is 2120. The summed E-state index contributed by atoms with van der Waals surface area (Å²) in [7, 11) is 0. The van der Waals surface area contributed by atoms with Crippen LogP contribution in [0.4, 0.5) is 38.3 Å². The van der Waals surface area contributed by atoms with Gasteiger partial charge in [0, 0.05) is 23.1 Å². The van der Waals surface area contributed by atoms with Gasteiger partial charge in [0.1, 0.15) is 5.69 Å². The van der Waals surface area contributed by atoms with Crippen LogP contribution < -0.4 is 32.1 Å². The number of aromatic amines is 1. The normalized spacial score (nSPS) is 13.8. The van der Waals surface area contributed by atoms with Crippen molar-refractivity contribution in [3.05, 3.63) is 107 Å². The summed E-state index contributed by atoms with van der Waals surface area (Å²) in [5, 5.41) is 25.3. The molecule has 2 unspecified atom stereocenters. The number of rotatable bonds is 15. The third-order valence-corrected chi connectivity index (χ3v) is 9.25. The second-order valence-electron chi connectivity index (χ2n) is 13.3. The number of hydrogen-bond acceptors (Lipinski definition) is 8. The van der Waals surface area contributed by atoms with Gasteiger partial charge < -0.3 is 20.9 Å². The fourth-order valence-corrected chi connectivity index (χ4v) is 6.33. The van der Waals surface area contributed by atoms with Gasteiger partial charge in [0.2, 0.25) is 11.9 Å². The zero-order chi connectivity index (χ0) is 38.5. The van der Waals surface area contributed by atoms with Gasteiger partial charge >= 0.3 is 12.1 Å². The first-order valence-electron chi connectivity index (χ1n) is 18.8. The summed E-state index contributed by atoms with van der Waals surface area (Å²) in [6, 6.07) is 18.8. The van der Waals surface area contributed by atoms with E-state index in [2.05, 4.69) is 86.0 Å². The van der Waals surface area contributed by atoms with E-state index < -0.39 is 17.6 Å². The van der Waals surface area contributed by atoms with Crippen molar-refractivity contribution in [2.24, 2.45) is 21.1 Å². The molecule has 0 aliphatic carbocycles. The standard InChI is InChI=1S/C41H50N10O3/c1-6-10-14-27(8-3)34-22-26(5)42-38(44-34)48-41(54)46-36-24-31(20-21-33(36)51-50-32-19-18-29-16-12-13-17-30(29)23-32)43-40(53)49-39-45-35(25-37(52)47-39)28(9-4)15-11-7-2/h12-13,16-25,27-28H,5-11,14-15H2,1-4H3,(H3,42,44,46,48,54)(H3,43,45,47,49,52,53)/b51-50+. The fourth-order valence-electron chi connectivity index (χ4n) is 6.33. The van der Waals surface area contributed by atoms with Crippen molar-refractivity contribution >= 4 is 57.5 Å². The van der Waals surface area contributed by atoms with Crippen LogP contribution in [0.15, 0.2) is 111 Å². The summed E-state index contributed by atoms with van der Waals surface area (Å²) >= 11 is 0. The first kappa shape index (κ1) is 39.1. The Hall–Kier alpha value is -6.11. The number of nitrogens with zero attached hydrogens (tertiary/aromatic N) is 4. The number of aliphatic imine (C=N–C) groups is 1. The van der Waals surface area contributed by atoms with Crippen molar-refractivity contribution < 1.29 is 9.59 Å². The number of azo groups is 1. The maximum atomic E-state index is 13.5. The Morgan fingerprint density at radius 3 is 2.26 bits per heavy atom. The molecule has 54 heavy (non-hydrogen) atoms. The summed E-state index contributed by atoms with van der Waals surface area (Å²) in [5.74, 6) is 0.712. The number of amides is 4. The van der Waals surface area contributed by atoms with E-state index in [1.165, 1.54) is 6.07 Å². The smallest absolute Gasteiger partial charge is 0.326 e. The van der Waals surface area contributed by atoms with Crippen molar-refractivity contribution in [3.8, 4) is 0 Å². The molecule has 0 bridgehead atoms. The molecule has 2 atom stereocenters. The van der Waals surface area contributed by atoms with Crippen molar-refractivity contribution in [1.82, 2.24) is 20.6 Å². The van der Waals surface area contributed by atoms with E-state index in [9.17, 15) is 14.4 Å². The van der Waals surface area contributed by atoms with E-state index in [-0.39, 0.29) is 29.4 Å². The van der Waals surface area contributed by atoms with Gasteiger partial charge in [-0.25, -0.2) is 14.6 Å². The number of guanidine groups is 1. The molecule has 0 radical (unpaired) electrons. The van der Waals surface area contributed by atoms with Crippen LogP contribution in [0.2, 0.25) is 0 Å². The third-order valence-electron chi connectivity index (χ3n) is 9.25. The van der Waals surface area contributed by atoms with E-state index in [0.29, 0.717) is 22.8 Å². The molecule has 4 aromatic rings. The highest BCUT2D eigenvalue weighted by Gasteiger charge is 2.20. The molecular formula is C41H50N10O3. The summed E-state index contributed by atoms with van der Waals surface area (Å²) in [5.41, 5.74) is 3.35. The predicted octanol–water partition coefficient (Wildman–Crippen LogP) is 10.4. The molecule has 1 aliphatic rings. The highest BCUT2D eigenvalue weighted by molar-refractivity contribution is 6.05. The number of carbonyl (C=O) groups excluding carboxylic acids is 2. The predicted molar refractivity (Wildman–Crippen MR) is 218 cm³/mol. The number of H-pyrrole nitrogens is 1. The second-order valence-corrected chi connectivity index (χ2v) is 13.3. The molecule has 1 aromatic heterocycles. The maximum absolute atomic E-state index is 13.5. The highest BCUT2D eigenvalue weighted by Crippen LogP contribution is 2.31. The minimum Gasteiger partial charge on any atom is -0.329 e. The van der Waals surface area contributed by atoms with E-state index >= 15 is 0 Å². The largest absolute Gasteiger partial charge is 0.329 e. The third kappa shape index (κ3) is 11.0. The molecule has 3 aromatic carbocycles. The molecule has 2 heterocycles. The van der Waals surface area contributed by atoms with Crippen LogP contribution in [0.25, 0.3) is 10.8 Å². The van der Waals surface area contributed by atoms with Crippen LogP contribution in [-0.4, -0.2) is 28.0 Å². The van der Waals surface area contributed by atoms with Crippen molar-refractivity contribution in [1.29, 1.82) is 0 Å². The van der Waals surface area contributed by atoms with E-state index in [0.717, 1.165) is 73.5 Å². The molecule has 0 saturated carbocycles. The Kier molecular flexibility index (Phi) is 13.8. The number of urea groups is 2. The van der Waals surface area contributed by atoms with Gasteiger partial charge in [0.05, 0.1) is 17.1 Å². The average molecular weight is 731 g/mol. The Labute approximate surface area is 316 Å². The summed E-state index contributed by atoms with van der Waals surface area (Å²) in [4.78, 5) is 50.5. The number of hydrogen-bond donors (Lipinski definition) is 6. The first-order chi connectivity index (χ1) is 26.2. The van der Waals surface area contributed by atoms with Crippen LogP contribution in [0.5, 0.6) is 0 Å². The molecule has 4 amide bonds. The highest BCUT2D eigenvalue weighted by atomic mass is 16.2. The molecule has 6 N–H and O–H groups in total. The minimum absolute atomic E-state index is 0.0410. The Morgan fingerprint density at radius 2 is 1.52 bits per heavy atom. The number of unbranched alkanes of at least 4 members (excludes halogenated alkanes) is 2. The number of anilines is 3. The lowest BCUT2D eigenvalue weighted by Gasteiger charge is -2.24. The van der Waals surface area contributed by atoms with Crippen LogP contribution in [0.1, 0.15) is 90.7 Å². The van der Waals surface area contributed by atoms with Gasteiger partial charge in [0.25, 0.3) is 5.56 Å². The summed E-state index contributed by atoms with van der Waals surface area (Å²) in [6.07, 6.45) is 9.85. The molecule has 13 heteroatoms. The quantitative estimate of drug-likeness (QED) is 0.0666. The van der Waals surface area contributed by atoms with E-state index in [4.69, 9.17) is 0 Å². The lowest BCUT2D eigenvalue weighted by Crippen LogP contribution is -2.44. The van der Waals surface area contributed by atoms with E-state index in [1.807, 2.05) is 48.5 Å². The topological polar surface area (TPSA) is 177 Å². The number of allylic oxidation sites excluding steroid dienone is 2. The fraction of sp³-hybridized carbons (Fsp3) is 0.341. The van der Waals surface area contributed by atoms with Crippen molar-refractivity contribution in [3.63, 3.8) is 0 Å². The maximum Gasteiger partial charge on any atom is 0.326 e. The van der Waals surface area contributed by atoms with Gasteiger partial charge in [-0.3, -0.25) is 15.4 Å². The summed E-state index contributed by atoms with van der Waals surface area (Å²) in [6.45, 7) is 12.5. The number of nitrogens with one attached hydrogen (secondary N) is 6. The first-order valence-corrected chi connectivity index (χ1v) is 18.8. The molecule has 282 valence electrons. The zero-order valence-electron chi connectivity index (χ0n) is 31.5. The van der Waals surface area contributed by atoms with Crippen LogP contribution in [0.3, 0.4) is 0 Å². The molecule has 0 fully saturated rings. The van der Waals surface area contributed by atoms with Gasteiger partial charge in [-0.1, -0.05) is 90.3 Å². The van der Waals surface area contributed by atoms with Crippen molar-refractivity contribution in [2.45, 2.75) is 85.0 Å². The zero-order valence-corrected chi connectivity index (χ0v) is 31.5. The average Bonchev–Trinajstić information content (AvgIpc) is 3.14. The van der Waals surface area contributed by atoms with Gasteiger partial charge in [-0.15, -0.1) is 5.11 Å². The van der Waals surface area contributed by atoms with Crippen LogP contribution in [0, 0.1) is 5.92 Å². The number of fused-ring (bicyclic) bond motifs is 1. The lowest BCUT2D eigenvalue weighted by atomic mass is 9.94. The number of carbonyl (C=O) groups is 2. The molecule has 0 saturated heterocycles. The lowest BCUT2D eigenvalue weighted by molar-refractivity contribution is 0.255. The monoisotopic (exact) mass is 730 g/mol. The van der Waals surface area contributed by atoms with E-state index in [1.54, 1.807) is 18.2 Å². The molecule has 5 rings (SSSR count). The van der Waals surface area contributed by atoms with Gasteiger partial charge in [-0.05, 0) is 84.7 Å². The SMILES string of the molecule is C=C1C=C(C(CC)CCCC)NC(NC(=O)Nc2cc(NC(=O)Nc3nc(=O)cc(C(CC)CCCC)[nH]3)ccc2/N=N/c2ccc3ccccc3c2)=N1. The minimum atomic E-state index is -0.634. The molecule has 0 spiro atoms. The Balaban J connectivity index is 1.35. The molecule has 1 aliphatic heterocycles. The Morgan fingerprint density at radius 1 is 0.796 bits per heavy atom. The second kappa shape index (κ2) is 19.1.